The molecule has 1 aromatic heterocycles. The second-order valence-corrected chi connectivity index (χ2v) is 4.90. The van der Waals surface area contributed by atoms with Crippen LogP contribution < -0.4 is 5.56 Å². The van der Waals surface area contributed by atoms with Crippen molar-refractivity contribution in [3.8, 4) is 11.1 Å². The Morgan fingerprint density at radius 3 is 2.69 bits per heavy atom. The molecule has 1 aliphatic heterocycles. The fourth-order valence-corrected chi connectivity index (χ4v) is 2.98. The van der Waals surface area contributed by atoms with Gasteiger partial charge in [0.1, 0.15) is 0 Å². The van der Waals surface area contributed by atoms with Crippen molar-refractivity contribution in [2.24, 2.45) is 0 Å². The number of aromatic nitrogens is 1. The second kappa shape index (κ2) is 3.83. The van der Waals surface area contributed by atoms with Crippen molar-refractivity contribution in [1.82, 2.24) is 4.57 Å². The van der Waals surface area contributed by atoms with E-state index in [0.717, 1.165) is 28.5 Å². The minimum absolute atomic E-state index is 0.112. The van der Waals surface area contributed by atoms with E-state index in [9.17, 15) is 4.79 Å². The Bertz CT molecular complexity index is 574. The highest BCUT2D eigenvalue weighted by Gasteiger charge is 2.13. The Morgan fingerprint density at radius 1 is 1.06 bits per heavy atom. The maximum Gasteiger partial charge on any atom is 0.252 e. The van der Waals surface area contributed by atoms with Gasteiger partial charge in [-0.05, 0) is 17.2 Å². The molecule has 0 radical (unpaired) electrons. The van der Waals surface area contributed by atoms with E-state index in [1.54, 1.807) is 17.8 Å². The van der Waals surface area contributed by atoms with E-state index < -0.39 is 0 Å². The van der Waals surface area contributed by atoms with Gasteiger partial charge >= 0.3 is 0 Å². The maximum atomic E-state index is 11.9. The first kappa shape index (κ1) is 9.73. The summed E-state index contributed by atoms with van der Waals surface area (Å²) in [6, 6.07) is 13.9. The Kier molecular flexibility index (Phi) is 2.33. The van der Waals surface area contributed by atoms with Crippen molar-refractivity contribution in [3.63, 3.8) is 0 Å². The first-order valence-electron chi connectivity index (χ1n) is 5.28. The van der Waals surface area contributed by atoms with E-state index in [1.807, 2.05) is 34.9 Å². The number of rotatable bonds is 1. The summed E-state index contributed by atoms with van der Waals surface area (Å²) in [4.78, 5) is 11.9. The zero-order valence-electron chi connectivity index (χ0n) is 8.72. The van der Waals surface area contributed by atoms with Gasteiger partial charge in [0.05, 0.1) is 5.03 Å². The predicted molar refractivity (Wildman–Crippen MR) is 66.9 cm³/mol. The van der Waals surface area contributed by atoms with Crippen molar-refractivity contribution in [2.45, 2.75) is 11.6 Å². The van der Waals surface area contributed by atoms with E-state index in [0.29, 0.717) is 0 Å². The van der Waals surface area contributed by atoms with Gasteiger partial charge in [-0.15, -0.1) is 11.8 Å². The molecule has 2 aromatic rings. The van der Waals surface area contributed by atoms with Crippen molar-refractivity contribution in [2.75, 3.05) is 5.75 Å². The summed E-state index contributed by atoms with van der Waals surface area (Å²) < 4.78 is 1.84. The molecule has 2 nitrogen and oxygen atoms in total. The Balaban J connectivity index is 2.17. The largest absolute Gasteiger partial charge is 0.302 e. The molecule has 0 amide bonds. The molecule has 16 heavy (non-hydrogen) atoms. The van der Waals surface area contributed by atoms with Gasteiger partial charge in [-0.3, -0.25) is 4.79 Å². The highest BCUT2D eigenvalue weighted by atomic mass is 32.2. The number of fused-ring (bicyclic) bond motifs is 1. The second-order valence-electron chi connectivity index (χ2n) is 3.79. The molecule has 0 N–H and O–H groups in total. The summed E-state index contributed by atoms with van der Waals surface area (Å²) in [7, 11) is 0. The molecule has 1 aromatic carbocycles. The zero-order chi connectivity index (χ0) is 11.0. The van der Waals surface area contributed by atoms with Crippen LogP contribution in [0.15, 0.2) is 52.3 Å². The van der Waals surface area contributed by atoms with Crippen LogP contribution in [0.3, 0.4) is 0 Å². The van der Waals surface area contributed by atoms with Crippen molar-refractivity contribution in [1.29, 1.82) is 0 Å². The summed E-state index contributed by atoms with van der Waals surface area (Å²) in [6.07, 6.45) is 0. The number of thioether (sulfide) groups is 1. The predicted octanol–water partition coefficient (Wildman–Crippen LogP) is 2.62. The number of benzene rings is 1. The normalized spacial score (nSPS) is 13.8. The van der Waals surface area contributed by atoms with Crippen LogP contribution in [0, 0.1) is 0 Å². The lowest BCUT2D eigenvalue weighted by Gasteiger charge is -2.05. The molecule has 0 aliphatic carbocycles. The molecule has 0 saturated carbocycles. The quantitative estimate of drug-likeness (QED) is 0.750. The fraction of sp³-hybridized carbons (Fsp3) is 0.154. The van der Waals surface area contributed by atoms with Gasteiger partial charge in [-0.1, -0.05) is 30.3 Å². The van der Waals surface area contributed by atoms with E-state index in [1.165, 1.54) is 0 Å². The van der Waals surface area contributed by atoms with Crippen LogP contribution in [0.5, 0.6) is 0 Å². The van der Waals surface area contributed by atoms with E-state index >= 15 is 0 Å². The summed E-state index contributed by atoms with van der Waals surface area (Å²) in [5, 5.41) is 1.09. The zero-order valence-corrected chi connectivity index (χ0v) is 9.54. The van der Waals surface area contributed by atoms with E-state index in [4.69, 9.17) is 0 Å². The minimum atomic E-state index is 0.112. The third kappa shape index (κ3) is 1.57. The molecule has 1 aliphatic rings. The number of hydrogen-bond donors (Lipinski definition) is 0. The third-order valence-electron chi connectivity index (χ3n) is 2.76. The summed E-state index contributed by atoms with van der Waals surface area (Å²) in [5.74, 6) is 1.01. The number of pyridine rings is 1. The van der Waals surface area contributed by atoms with Gasteiger partial charge in [0.2, 0.25) is 0 Å². The van der Waals surface area contributed by atoms with Crippen molar-refractivity contribution < 1.29 is 0 Å². The molecule has 0 bridgehead atoms. The van der Waals surface area contributed by atoms with E-state index in [2.05, 4.69) is 6.07 Å². The SMILES string of the molecule is O=c1cc(-c2ccccc2)cc2n1CCS2. The van der Waals surface area contributed by atoms with Crippen LogP contribution in [-0.2, 0) is 6.54 Å². The van der Waals surface area contributed by atoms with Crippen LogP contribution >= 0.6 is 11.8 Å². The highest BCUT2D eigenvalue weighted by Crippen LogP contribution is 2.27. The lowest BCUT2D eigenvalue weighted by atomic mass is 10.1. The van der Waals surface area contributed by atoms with Crippen molar-refractivity contribution >= 4 is 11.8 Å². The van der Waals surface area contributed by atoms with Crippen LogP contribution in [0.2, 0.25) is 0 Å². The molecule has 3 heteroatoms. The van der Waals surface area contributed by atoms with E-state index in [-0.39, 0.29) is 5.56 Å². The molecule has 0 unspecified atom stereocenters. The molecule has 80 valence electrons. The van der Waals surface area contributed by atoms with Gasteiger partial charge in [0, 0.05) is 18.4 Å². The number of hydrogen-bond acceptors (Lipinski definition) is 2. The van der Waals surface area contributed by atoms with Crippen LogP contribution in [0.1, 0.15) is 0 Å². The molecule has 0 fully saturated rings. The Hall–Kier alpha value is -1.48. The van der Waals surface area contributed by atoms with Gasteiger partial charge in [-0.25, -0.2) is 0 Å². The Morgan fingerprint density at radius 2 is 1.88 bits per heavy atom. The third-order valence-corrected chi connectivity index (χ3v) is 3.78. The molecular formula is C13H11NOS. The average molecular weight is 229 g/mol. The molecule has 3 rings (SSSR count). The molecule has 0 spiro atoms. The van der Waals surface area contributed by atoms with Crippen LogP contribution in [0.4, 0.5) is 0 Å². The monoisotopic (exact) mass is 229 g/mol. The van der Waals surface area contributed by atoms with Crippen LogP contribution in [-0.4, -0.2) is 10.3 Å². The minimum Gasteiger partial charge on any atom is -0.302 e. The smallest absolute Gasteiger partial charge is 0.252 e. The highest BCUT2D eigenvalue weighted by molar-refractivity contribution is 7.99. The molecule has 0 saturated heterocycles. The Labute approximate surface area is 97.9 Å². The molecule has 2 heterocycles. The lowest BCUT2D eigenvalue weighted by Crippen LogP contribution is -2.17. The lowest BCUT2D eigenvalue weighted by molar-refractivity contribution is 0.694. The first-order valence-corrected chi connectivity index (χ1v) is 6.26. The topological polar surface area (TPSA) is 22.0 Å². The summed E-state index contributed by atoms with van der Waals surface area (Å²) >= 11 is 1.75. The van der Waals surface area contributed by atoms with Gasteiger partial charge in [0.25, 0.3) is 5.56 Å². The molecule has 0 atom stereocenters. The van der Waals surface area contributed by atoms with Gasteiger partial charge in [-0.2, -0.15) is 0 Å². The fourth-order valence-electron chi connectivity index (χ4n) is 1.95. The first-order chi connectivity index (χ1) is 7.84. The molecular weight excluding hydrogens is 218 g/mol. The maximum absolute atomic E-state index is 11.9. The van der Waals surface area contributed by atoms with Crippen molar-refractivity contribution in [3.05, 3.63) is 52.8 Å². The summed E-state index contributed by atoms with van der Waals surface area (Å²) in [6.45, 7) is 0.841. The van der Waals surface area contributed by atoms with Gasteiger partial charge < -0.3 is 4.57 Å². The number of nitrogens with zero attached hydrogens (tertiary/aromatic N) is 1. The average Bonchev–Trinajstić information content (AvgIpc) is 2.79. The van der Waals surface area contributed by atoms with Gasteiger partial charge in [0.15, 0.2) is 0 Å². The summed E-state index contributed by atoms with van der Waals surface area (Å²) in [5.41, 5.74) is 2.24. The standard InChI is InChI=1S/C13H11NOS/c15-12-8-11(10-4-2-1-3-5-10)9-13-14(12)6-7-16-13/h1-5,8-9H,6-7H2. The van der Waals surface area contributed by atoms with Crippen LogP contribution in [0.25, 0.3) is 11.1 Å².